The van der Waals surface area contributed by atoms with E-state index in [0.717, 1.165) is 54.5 Å². The number of carbonyl (C=O) groups excluding carboxylic acids is 3. The maximum absolute atomic E-state index is 13.4. The zero-order chi connectivity index (χ0) is 22.4. The van der Waals surface area contributed by atoms with Crippen molar-refractivity contribution in [2.75, 3.05) is 18.0 Å². The number of benzene rings is 2. The van der Waals surface area contributed by atoms with Crippen molar-refractivity contribution >= 4 is 34.2 Å². The summed E-state index contributed by atoms with van der Waals surface area (Å²) in [6.45, 7) is 6.89. The first-order valence-electron chi connectivity index (χ1n) is 11.5. The van der Waals surface area contributed by atoms with Gasteiger partial charge < -0.3 is 4.74 Å². The van der Waals surface area contributed by atoms with E-state index in [9.17, 15) is 14.4 Å². The van der Waals surface area contributed by atoms with Crippen LogP contribution in [0.4, 0.5) is 5.69 Å². The topological polar surface area (TPSA) is 79.0 Å². The summed E-state index contributed by atoms with van der Waals surface area (Å²) < 4.78 is 5.96. The average molecular weight is 436 g/mol. The van der Waals surface area contributed by atoms with Gasteiger partial charge in [-0.3, -0.25) is 29.5 Å². The van der Waals surface area contributed by atoms with Crippen LogP contribution < -0.4 is 10.2 Å². The Morgan fingerprint density at radius 3 is 2.59 bits per heavy atom. The maximum Gasteiger partial charge on any atom is 0.259 e. The summed E-state index contributed by atoms with van der Waals surface area (Å²) in [7, 11) is 0. The molecule has 1 unspecified atom stereocenters. The Hall–Kier alpha value is -2.77. The summed E-state index contributed by atoms with van der Waals surface area (Å²) in [5.74, 6) is -0.832. The normalized spacial score (nSPS) is 22.3. The van der Waals surface area contributed by atoms with Gasteiger partial charge in [0.05, 0.1) is 23.5 Å². The number of hydrogen-bond acceptors (Lipinski definition) is 5. The number of imide groups is 1. The third kappa shape index (κ3) is 3.80. The molecule has 1 N–H and O–H groups in total. The number of likely N-dealkylation sites (tertiary alicyclic amines) is 1. The second-order valence-corrected chi connectivity index (χ2v) is 9.32. The summed E-state index contributed by atoms with van der Waals surface area (Å²) in [5, 5.41) is 4.29. The quantitative estimate of drug-likeness (QED) is 0.731. The summed E-state index contributed by atoms with van der Waals surface area (Å²) in [6.07, 6.45) is 3.21. The molecule has 0 aromatic heterocycles. The first kappa shape index (κ1) is 21.1. The minimum atomic E-state index is -0.651. The van der Waals surface area contributed by atoms with Gasteiger partial charge in [-0.05, 0) is 62.3 Å². The Bertz CT molecular complexity index is 1090. The number of rotatable bonds is 5. The number of ether oxygens (including phenoxy) is 1. The predicted molar refractivity (Wildman–Crippen MR) is 121 cm³/mol. The number of amides is 3. The smallest absolute Gasteiger partial charge is 0.259 e. The number of carbonyl (C=O) groups is 3. The molecule has 2 aromatic carbocycles. The van der Waals surface area contributed by atoms with Gasteiger partial charge in [0.1, 0.15) is 6.04 Å². The summed E-state index contributed by atoms with van der Waals surface area (Å²) >= 11 is 0. The van der Waals surface area contributed by atoms with Crippen LogP contribution in [0.15, 0.2) is 30.3 Å². The van der Waals surface area contributed by atoms with Crippen LogP contribution in [0.25, 0.3) is 10.8 Å². The number of piperidine rings is 2. The molecular weight excluding hydrogens is 406 g/mol. The highest BCUT2D eigenvalue weighted by molar-refractivity contribution is 6.27. The predicted octanol–water partition coefficient (Wildman–Crippen LogP) is 2.99. The van der Waals surface area contributed by atoms with E-state index in [1.807, 2.05) is 24.3 Å². The second kappa shape index (κ2) is 8.30. The largest absolute Gasteiger partial charge is 0.375 e. The average Bonchev–Trinajstić information content (AvgIpc) is 3.02. The van der Waals surface area contributed by atoms with Gasteiger partial charge in [-0.1, -0.05) is 12.1 Å². The molecule has 3 heterocycles. The minimum absolute atomic E-state index is 0.156. The summed E-state index contributed by atoms with van der Waals surface area (Å²) in [5.41, 5.74) is 2.51. The van der Waals surface area contributed by atoms with Crippen molar-refractivity contribution in [3.63, 3.8) is 0 Å². The lowest BCUT2D eigenvalue weighted by Crippen LogP contribution is -2.53. The minimum Gasteiger partial charge on any atom is -0.375 e. The lowest BCUT2D eigenvalue weighted by atomic mass is 10.0. The van der Waals surface area contributed by atoms with Crippen molar-refractivity contribution in [3.8, 4) is 0 Å². The molecule has 0 spiro atoms. The van der Waals surface area contributed by atoms with E-state index in [-0.39, 0.29) is 24.3 Å². The molecule has 32 heavy (non-hydrogen) atoms. The Labute approximate surface area is 187 Å². The van der Waals surface area contributed by atoms with Crippen molar-refractivity contribution in [2.24, 2.45) is 0 Å². The van der Waals surface area contributed by atoms with Gasteiger partial charge in [-0.2, -0.15) is 0 Å². The van der Waals surface area contributed by atoms with E-state index in [4.69, 9.17) is 4.74 Å². The third-order valence-electron chi connectivity index (χ3n) is 6.65. The number of nitrogens with one attached hydrogen (secondary N) is 1. The number of anilines is 1. The fourth-order valence-corrected chi connectivity index (χ4v) is 5.25. The molecule has 5 rings (SSSR count). The highest BCUT2D eigenvalue weighted by Crippen LogP contribution is 2.40. The van der Waals surface area contributed by atoms with E-state index in [1.54, 1.807) is 4.90 Å². The van der Waals surface area contributed by atoms with Crippen LogP contribution in [0, 0.1) is 0 Å². The molecule has 3 amide bonds. The van der Waals surface area contributed by atoms with E-state index in [2.05, 4.69) is 30.1 Å². The van der Waals surface area contributed by atoms with Gasteiger partial charge in [0.25, 0.3) is 5.91 Å². The van der Waals surface area contributed by atoms with E-state index in [1.165, 1.54) is 0 Å². The van der Waals surface area contributed by atoms with Gasteiger partial charge in [-0.15, -0.1) is 0 Å². The highest BCUT2D eigenvalue weighted by Gasteiger charge is 2.40. The molecule has 0 aliphatic carbocycles. The first-order valence-corrected chi connectivity index (χ1v) is 11.5. The van der Waals surface area contributed by atoms with Crippen LogP contribution in [0.1, 0.15) is 55.5 Å². The fourth-order valence-electron chi connectivity index (χ4n) is 5.25. The van der Waals surface area contributed by atoms with Crippen molar-refractivity contribution in [3.05, 3.63) is 41.5 Å². The molecule has 2 saturated heterocycles. The van der Waals surface area contributed by atoms with E-state index < -0.39 is 11.9 Å². The lowest BCUT2D eigenvalue weighted by molar-refractivity contribution is -0.134. The zero-order valence-corrected chi connectivity index (χ0v) is 18.6. The van der Waals surface area contributed by atoms with Crippen molar-refractivity contribution in [2.45, 2.75) is 64.3 Å². The van der Waals surface area contributed by atoms with Crippen molar-refractivity contribution < 1.29 is 19.1 Å². The molecule has 2 fully saturated rings. The third-order valence-corrected chi connectivity index (χ3v) is 6.65. The Balaban J connectivity index is 1.38. The molecule has 7 heteroatoms. The van der Waals surface area contributed by atoms with Crippen molar-refractivity contribution in [1.82, 2.24) is 10.2 Å². The molecule has 0 saturated carbocycles. The number of hydrogen-bond donors (Lipinski definition) is 1. The molecular formula is C25H29N3O4. The van der Waals surface area contributed by atoms with Crippen LogP contribution in [-0.4, -0.2) is 54.0 Å². The molecule has 168 valence electrons. The Morgan fingerprint density at radius 1 is 1.09 bits per heavy atom. The zero-order valence-electron chi connectivity index (χ0n) is 18.6. The Kier molecular flexibility index (Phi) is 5.47. The monoisotopic (exact) mass is 435 g/mol. The molecule has 3 aliphatic rings. The van der Waals surface area contributed by atoms with Crippen LogP contribution >= 0.6 is 0 Å². The van der Waals surface area contributed by atoms with Gasteiger partial charge in [-0.25, -0.2) is 0 Å². The van der Waals surface area contributed by atoms with Crippen LogP contribution in [0.5, 0.6) is 0 Å². The molecule has 2 aromatic rings. The number of nitrogens with zero attached hydrogens (tertiary/aromatic N) is 2. The van der Waals surface area contributed by atoms with E-state index in [0.29, 0.717) is 18.1 Å². The molecule has 0 bridgehead atoms. The van der Waals surface area contributed by atoms with Crippen LogP contribution in [0.3, 0.4) is 0 Å². The molecule has 1 atom stereocenters. The van der Waals surface area contributed by atoms with Crippen LogP contribution in [-0.2, 0) is 20.9 Å². The summed E-state index contributed by atoms with van der Waals surface area (Å²) in [4.78, 5) is 41.5. The summed E-state index contributed by atoms with van der Waals surface area (Å²) in [6, 6.07) is 9.32. The standard InChI is InChI=1S/C25H29N3O4/c1-15(2)32-18-8-10-27(11-9-18)14-16-12-17-4-3-5-20-23(17)19(13-16)25(31)28(20)21-6-7-22(29)26-24(21)30/h3-5,12-13,15,18,21H,6-11,14H2,1-2H3,(H,26,29,30). The Morgan fingerprint density at radius 2 is 1.88 bits per heavy atom. The van der Waals surface area contributed by atoms with E-state index >= 15 is 0 Å². The second-order valence-electron chi connectivity index (χ2n) is 9.32. The lowest BCUT2D eigenvalue weighted by Gasteiger charge is -2.32. The molecule has 3 aliphatic heterocycles. The fraction of sp³-hybridized carbons (Fsp3) is 0.480. The van der Waals surface area contributed by atoms with Gasteiger partial charge >= 0.3 is 0 Å². The molecule has 0 radical (unpaired) electrons. The highest BCUT2D eigenvalue weighted by atomic mass is 16.5. The molecule has 7 nitrogen and oxygen atoms in total. The van der Waals surface area contributed by atoms with Crippen molar-refractivity contribution in [1.29, 1.82) is 0 Å². The van der Waals surface area contributed by atoms with Gasteiger partial charge in [0.2, 0.25) is 11.8 Å². The maximum atomic E-state index is 13.4. The van der Waals surface area contributed by atoms with Gasteiger partial charge in [0, 0.05) is 31.4 Å². The first-order chi connectivity index (χ1) is 15.4. The van der Waals surface area contributed by atoms with Crippen LogP contribution in [0.2, 0.25) is 0 Å². The van der Waals surface area contributed by atoms with Gasteiger partial charge in [0.15, 0.2) is 0 Å². The SMILES string of the molecule is CC(C)OC1CCN(Cc2cc3c4c(cccc4c2)N(C2CCC(=O)NC2=O)C3=O)CC1.